The monoisotopic (exact) mass is 207 g/mol. The predicted molar refractivity (Wildman–Crippen MR) is 53.9 cm³/mol. The van der Waals surface area contributed by atoms with Gasteiger partial charge >= 0.3 is 5.97 Å². The van der Waals surface area contributed by atoms with Crippen LogP contribution in [0.3, 0.4) is 0 Å². The maximum Gasteiger partial charge on any atom is 0.338 e. The van der Waals surface area contributed by atoms with Gasteiger partial charge in [0, 0.05) is 18.5 Å². The number of nitrogens with two attached hydrogens (primary N) is 1. The van der Waals surface area contributed by atoms with Crippen LogP contribution >= 0.6 is 0 Å². The number of rotatable bonds is 2. The predicted octanol–water partition coefficient (Wildman–Crippen LogP) is 1.22. The van der Waals surface area contributed by atoms with Crippen molar-refractivity contribution in [1.29, 1.82) is 0 Å². The number of carboxylic acids is 1. The molecule has 0 heterocycles. The first-order valence-corrected chi connectivity index (χ1v) is 4.37. The number of benzene rings is 1. The molecule has 78 valence electrons. The minimum absolute atomic E-state index is 0.366. The summed E-state index contributed by atoms with van der Waals surface area (Å²) in [4.78, 5) is 10.6. The van der Waals surface area contributed by atoms with Crippen molar-refractivity contribution in [3.8, 4) is 11.8 Å². The minimum Gasteiger partial charge on any atom is -0.478 e. The van der Waals surface area contributed by atoms with Crippen LogP contribution in [0.1, 0.15) is 22.3 Å². The molecular formula is C11H10FNO2. The molecule has 0 aliphatic heterocycles. The molecule has 0 saturated carbocycles. The van der Waals surface area contributed by atoms with E-state index in [1.54, 1.807) is 0 Å². The van der Waals surface area contributed by atoms with Crippen LogP contribution in [-0.2, 0) is 0 Å². The number of carbonyl (C=O) groups is 1. The second-order valence-corrected chi connectivity index (χ2v) is 2.84. The van der Waals surface area contributed by atoms with Gasteiger partial charge in [0.15, 0.2) is 0 Å². The molecule has 0 radical (unpaired) electrons. The maximum absolute atomic E-state index is 13.0. The van der Waals surface area contributed by atoms with E-state index in [1.165, 1.54) is 12.1 Å². The van der Waals surface area contributed by atoms with Gasteiger partial charge in [-0.15, -0.1) is 0 Å². The van der Waals surface area contributed by atoms with Gasteiger partial charge in [-0.1, -0.05) is 11.8 Å². The fourth-order valence-corrected chi connectivity index (χ4v) is 1.00. The summed E-state index contributed by atoms with van der Waals surface area (Å²) in [5.74, 6) is 3.40. The van der Waals surface area contributed by atoms with E-state index < -0.39 is 11.8 Å². The van der Waals surface area contributed by atoms with Crippen LogP contribution in [0.5, 0.6) is 0 Å². The van der Waals surface area contributed by atoms with Crippen molar-refractivity contribution in [2.75, 3.05) is 6.54 Å². The molecule has 3 N–H and O–H groups in total. The molecule has 4 heteroatoms. The summed E-state index contributed by atoms with van der Waals surface area (Å²) in [7, 11) is 0. The summed E-state index contributed by atoms with van der Waals surface area (Å²) in [5.41, 5.74) is 5.35. The summed E-state index contributed by atoms with van der Waals surface area (Å²) in [6.45, 7) is 0.444. The normalized spacial score (nSPS) is 9.20. The van der Waals surface area contributed by atoms with Gasteiger partial charge in [-0.25, -0.2) is 9.18 Å². The van der Waals surface area contributed by atoms with E-state index in [-0.39, 0.29) is 5.56 Å². The molecule has 0 aliphatic rings. The van der Waals surface area contributed by atoms with Crippen LogP contribution in [0.4, 0.5) is 4.39 Å². The van der Waals surface area contributed by atoms with E-state index in [0.717, 1.165) is 6.07 Å². The number of carboxylic acid groups (broad SMARTS) is 1. The molecule has 1 rings (SSSR count). The van der Waals surface area contributed by atoms with Crippen LogP contribution in [0, 0.1) is 17.7 Å². The van der Waals surface area contributed by atoms with E-state index in [4.69, 9.17) is 10.8 Å². The Balaban J connectivity index is 2.99. The second-order valence-electron chi connectivity index (χ2n) is 2.84. The molecule has 0 saturated heterocycles. The zero-order valence-corrected chi connectivity index (χ0v) is 7.96. The first-order valence-electron chi connectivity index (χ1n) is 4.37. The van der Waals surface area contributed by atoms with Gasteiger partial charge < -0.3 is 10.8 Å². The number of hydrogen-bond acceptors (Lipinski definition) is 2. The first-order chi connectivity index (χ1) is 7.15. The Morgan fingerprint density at radius 1 is 1.53 bits per heavy atom. The summed E-state index contributed by atoms with van der Waals surface area (Å²) < 4.78 is 13.0. The zero-order valence-electron chi connectivity index (χ0n) is 7.96. The van der Waals surface area contributed by atoms with E-state index in [2.05, 4.69) is 11.8 Å². The Labute approximate surface area is 86.7 Å². The average Bonchev–Trinajstić information content (AvgIpc) is 2.20. The molecule has 0 aliphatic carbocycles. The van der Waals surface area contributed by atoms with Crippen LogP contribution < -0.4 is 5.73 Å². The molecule has 0 amide bonds. The van der Waals surface area contributed by atoms with Crippen LogP contribution in [0.2, 0.25) is 0 Å². The van der Waals surface area contributed by atoms with Crippen molar-refractivity contribution in [2.45, 2.75) is 6.42 Å². The van der Waals surface area contributed by atoms with Gasteiger partial charge in [-0.3, -0.25) is 0 Å². The summed E-state index contributed by atoms with van der Waals surface area (Å²) in [6, 6.07) is 3.74. The molecule has 0 atom stereocenters. The lowest BCUT2D eigenvalue weighted by Crippen LogP contribution is -2.00. The highest BCUT2D eigenvalue weighted by molar-refractivity contribution is 5.88. The Kier molecular flexibility index (Phi) is 3.83. The van der Waals surface area contributed by atoms with Crippen molar-refractivity contribution < 1.29 is 14.3 Å². The Bertz CT molecular complexity index is 432. The van der Waals surface area contributed by atoms with E-state index in [9.17, 15) is 9.18 Å². The van der Waals surface area contributed by atoms with Gasteiger partial charge in [0.25, 0.3) is 0 Å². The third-order valence-corrected chi connectivity index (χ3v) is 1.70. The Morgan fingerprint density at radius 2 is 2.27 bits per heavy atom. The Morgan fingerprint density at radius 3 is 2.87 bits per heavy atom. The quantitative estimate of drug-likeness (QED) is 0.717. The molecule has 1 aromatic carbocycles. The third-order valence-electron chi connectivity index (χ3n) is 1.70. The standard InChI is InChI=1S/C11H10FNO2/c12-10-5-4-8(3-1-2-6-13)7-9(10)11(14)15/h4-5,7H,2,6,13H2,(H,14,15). The van der Waals surface area contributed by atoms with Crippen LogP contribution in [0.25, 0.3) is 0 Å². The molecule has 0 fully saturated rings. The molecule has 0 aromatic heterocycles. The average molecular weight is 207 g/mol. The maximum atomic E-state index is 13.0. The van der Waals surface area contributed by atoms with Crippen molar-refractivity contribution in [3.05, 3.63) is 35.1 Å². The highest BCUT2D eigenvalue weighted by atomic mass is 19.1. The fraction of sp³-hybridized carbons (Fsp3) is 0.182. The molecule has 15 heavy (non-hydrogen) atoms. The largest absolute Gasteiger partial charge is 0.478 e. The van der Waals surface area contributed by atoms with Gasteiger partial charge in [0.1, 0.15) is 5.82 Å². The van der Waals surface area contributed by atoms with Gasteiger partial charge in [-0.2, -0.15) is 0 Å². The lowest BCUT2D eigenvalue weighted by atomic mass is 10.1. The van der Waals surface area contributed by atoms with Gasteiger partial charge in [-0.05, 0) is 18.2 Å². The van der Waals surface area contributed by atoms with Crippen molar-refractivity contribution >= 4 is 5.97 Å². The summed E-state index contributed by atoms with van der Waals surface area (Å²) in [6.07, 6.45) is 0.528. The van der Waals surface area contributed by atoms with Gasteiger partial charge in [0.05, 0.1) is 5.56 Å². The van der Waals surface area contributed by atoms with Crippen molar-refractivity contribution in [2.24, 2.45) is 5.73 Å². The lowest BCUT2D eigenvalue weighted by molar-refractivity contribution is 0.0692. The van der Waals surface area contributed by atoms with E-state index in [1.807, 2.05) is 0 Å². The lowest BCUT2D eigenvalue weighted by Gasteiger charge is -1.97. The Hall–Kier alpha value is -1.86. The zero-order chi connectivity index (χ0) is 11.3. The molecule has 1 aromatic rings. The smallest absolute Gasteiger partial charge is 0.338 e. The number of aromatic carboxylic acids is 1. The van der Waals surface area contributed by atoms with E-state index in [0.29, 0.717) is 18.5 Å². The van der Waals surface area contributed by atoms with Crippen LogP contribution in [0.15, 0.2) is 18.2 Å². The van der Waals surface area contributed by atoms with Gasteiger partial charge in [0.2, 0.25) is 0 Å². The summed E-state index contributed by atoms with van der Waals surface area (Å²) >= 11 is 0. The molecular weight excluding hydrogens is 197 g/mol. The number of hydrogen-bond donors (Lipinski definition) is 2. The highest BCUT2D eigenvalue weighted by Gasteiger charge is 2.09. The second kappa shape index (κ2) is 5.13. The first kappa shape index (κ1) is 11.2. The molecule has 0 unspecified atom stereocenters. The van der Waals surface area contributed by atoms with E-state index >= 15 is 0 Å². The highest BCUT2D eigenvalue weighted by Crippen LogP contribution is 2.09. The molecule has 3 nitrogen and oxygen atoms in total. The topological polar surface area (TPSA) is 63.3 Å². The van der Waals surface area contributed by atoms with Crippen LogP contribution in [-0.4, -0.2) is 17.6 Å². The van der Waals surface area contributed by atoms with Crippen molar-refractivity contribution in [3.63, 3.8) is 0 Å². The minimum atomic E-state index is -1.30. The molecule has 0 bridgehead atoms. The third kappa shape index (κ3) is 3.08. The summed E-state index contributed by atoms with van der Waals surface area (Å²) in [5, 5.41) is 8.65. The fourth-order valence-electron chi connectivity index (χ4n) is 1.00. The molecule has 0 spiro atoms. The SMILES string of the molecule is NCCC#Cc1ccc(F)c(C(=O)O)c1. The van der Waals surface area contributed by atoms with Crippen molar-refractivity contribution in [1.82, 2.24) is 0 Å². The number of halogens is 1.